The van der Waals surface area contributed by atoms with E-state index in [-0.39, 0.29) is 31.2 Å². The maximum Gasteiger partial charge on any atom is 0.303 e. The number of hydrogen-bond donors (Lipinski definition) is 3. The molecule has 3 aliphatic rings. The van der Waals surface area contributed by atoms with Gasteiger partial charge in [-0.15, -0.1) is 0 Å². The van der Waals surface area contributed by atoms with Crippen LogP contribution in [0.4, 0.5) is 0 Å². The molecule has 187 valence electrons. The number of hydrogen-bond acceptors (Lipinski definition) is 7. The molecule has 3 fully saturated rings. The van der Waals surface area contributed by atoms with Gasteiger partial charge in [0.2, 0.25) is 29.9 Å². The third kappa shape index (κ3) is 5.54. The van der Waals surface area contributed by atoms with Crippen molar-refractivity contribution in [3.05, 3.63) is 0 Å². The Balaban J connectivity index is 1.67. The summed E-state index contributed by atoms with van der Waals surface area (Å²) in [5, 5.41) is 11.3. The molecule has 3 heterocycles. The molecule has 3 aliphatic heterocycles. The zero-order valence-corrected chi connectivity index (χ0v) is 19.1. The van der Waals surface area contributed by atoms with Gasteiger partial charge in [0.1, 0.15) is 18.1 Å². The van der Waals surface area contributed by atoms with Crippen molar-refractivity contribution >= 4 is 35.9 Å². The van der Waals surface area contributed by atoms with Crippen LogP contribution in [0.1, 0.15) is 51.4 Å². The van der Waals surface area contributed by atoms with Gasteiger partial charge in [-0.2, -0.15) is 0 Å². The number of nitrogens with zero attached hydrogens (tertiary/aromatic N) is 3. The lowest BCUT2D eigenvalue weighted by Crippen LogP contribution is -2.57. The molecule has 4 N–H and O–H groups in total. The first-order valence-electron chi connectivity index (χ1n) is 11.8. The zero-order chi connectivity index (χ0) is 24.8. The monoisotopic (exact) mass is 478 g/mol. The summed E-state index contributed by atoms with van der Waals surface area (Å²) in [6.45, 7) is 0.881. The molecule has 0 aromatic carbocycles. The minimum Gasteiger partial charge on any atom is -0.481 e. The highest BCUT2D eigenvalue weighted by atomic mass is 16.4. The van der Waals surface area contributed by atoms with Crippen molar-refractivity contribution < 1.29 is 33.9 Å². The number of aliphatic carboxylic acids is 1. The highest BCUT2D eigenvalue weighted by Crippen LogP contribution is 2.28. The van der Waals surface area contributed by atoms with Gasteiger partial charge >= 0.3 is 5.97 Å². The quantitative estimate of drug-likeness (QED) is 0.355. The van der Waals surface area contributed by atoms with Gasteiger partial charge in [-0.25, -0.2) is 0 Å². The number of nitrogens with one attached hydrogen (secondary N) is 1. The molecular formula is C22H32N5O7. The van der Waals surface area contributed by atoms with Gasteiger partial charge in [0, 0.05) is 26.1 Å². The van der Waals surface area contributed by atoms with E-state index < -0.39 is 42.0 Å². The van der Waals surface area contributed by atoms with Crippen molar-refractivity contribution in [2.45, 2.75) is 75.5 Å². The molecule has 34 heavy (non-hydrogen) atoms. The fraction of sp³-hybridized carbons (Fsp3) is 0.727. The second-order valence-corrected chi connectivity index (χ2v) is 8.97. The molecule has 0 aromatic heterocycles. The fourth-order valence-electron chi connectivity index (χ4n) is 5.12. The van der Waals surface area contributed by atoms with E-state index in [0.29, 0.717) is 58.2 Å². The van der Waals surface area contributed by atoms with Crippen LogP contribution in [0, 0.1) is 0 Å². The highest BCUT2D eigenvalue weighted by Gasteiger charge is 2.45. The lowest BCUT2D eigenvalue weighted by atomic mass is 10.1. The van der Waals surface area contributed by atoms with Crippen LogP contribution in [0.25, 0.3) is 0 Å². The van der Waals surface area contributed by atoms with Gasteiger partial charge < -0.3 is 30.9 Å². The van der Waals surface area contributed by atoms with Gasteiger partial charge in [0.15, 0.2) is 0 Å². The summed E-state index contributed by atoms with van der Waals surface area (Å²) in [5.41, 5.74) is 5.90. The minimum absolute atomic E-state index is 0.0172. The van der Waals surface area contributed by atoms with Crippen LogP contribution < -0.4 is 11.1 Å². The third-order valence-electron chi connectivity index (χ3n) is 6.80. The minimum atomic E-state index is -1.05. The molecule has 12 heteroatoms. The van der Waals surface area contributed by atoms with E-state index in [1.54, 1.807) is 6.29 Å². The molecule has 0 spiro atoms. The molecule has 0 aromatic rings. The maximum atomic E-state index is 13.4. The second-order valence-electron chi connectivity index (χ2n) is 8.97. The van der Waals surface area contributed by atoms with Gasteiger partial charge in [-0.3, -0.25) is 28.8 Å². The average molecular weight is 479 g/mol. The standard InChI is InChI=1S/C22H32N5O7/c23-14(7-8-18(29)30)20(32)26-11-2-5-16(26)22(34)27-12-3-6-17(27)21(33)25-10-1-4-15(25)19(31)24-9-13-28/h14-17H,1-12,23H2,(H,24,31)(H,29,30)/t14-,15-,16-,17-/m0/s1. The molecule has 0 aliphatic carbocycles. The highest BCUT2D eigenvalue weighted by molar-refractivity contribution is 5.96. The van der Waals surface area contributed by atoms with E-state index in [1.807, 2.05) is 0 Å². The number of rotatable bonds is 9. The van der Waals surface area contributed by atoms with Crippen LogP contribution in [-0.4, -0.2) is 106 Å². The summed E-state index contributed by atoms with van der Waals surface area (Å²) in [6.07, 6.45) is 4.64. The van der Waals surface area contributed by atoms with Gasteiger partial charge in [-0.05, 0) is 44.9 Å². The van der Waals surface area contributed by atoms with Crippen molar-refractivity contribution in [2.75, 3.05) is 26.2 Å². The van der Waals surface area contributed by atoms with Gasteiger partial charge in [-0.1, -0.05) is 0 Å². The second kappa shape index (κ2) is 11.4. The molecule has 0 unspecified atom stereocenters. The molecule has 12 nitrogen and oxygen atoms in total. The van der Waals surface area contributed by atoms with Crippen molar-refractivity contribution in [1.82, 2.24) is 20.0 Å². The van der Waals surface area contributed by atoms with Gasteiger partial charge in [0.25, 0.3) is 0 Å². The van der Waals surface area contributed by atoms with Crippen LogP contribution in [0.5, 0.6) is 0 Å². The van der Waals surface area contributed by atoms with Crippen molar-refractivity contribution in [1.29, 1.82) is 0 Å². The molecule has 0 saturated carbocycles. The molecular weight excluding hydrogens is 446 g/mol. The Bertz CT molecular complexity index is 834. The Hall–Kier alpha value is -3.02. The molecule has 4 amide bonds. The average Bonchev–Trinajstić information content (AvgIpc) is 3.59. The number of carboxylic acid groups (broad SMARTS) is 1. The lowest BCUT2D eigenvalue weighted by molar-refractivity contribution is -0.150. The zero-order valence-electron chi connectivity index (χ0n) is 19.1. The van der Waals surface area contributed by atoms with E-state index >= 15 is 0 Å². The first kappa shape index (κ1) is 25.6. The fourth-order valence-corrected chi connectivity index (χ4v) is 5.12. The summed E-state index contributed by atoms with van der Waals surface area (Å²) >= 11 is 0. The van der Waals surface area contributed by atoms with Gasteiger partial charge in [0.05, 0.1) is 12.6 Å². The maximum absolute atomic E-state index is 13.4. The number of carbonyl (C=O) groups is 5. The largest absolute Gasteiger partial charge is 0.481 e. The van der Waals surface area contributed by atoms with E-state index in [2.05, 4.69) is 5.32 Å². The van der Waals surface area contributed by atoms with E-state index in [4.69, 9.17) is 10.8 Å². The van der Waals surface area contributed by atoms with Crippen molar-refractivity contribution in [3.8, 4) is 0 Å². The first-order chi connectivity index (χ1) is 16.3. The smallest absolute Gasteiger partial charge is 0.303 e. The van der Waals surface area contributed by atoms with Crippen LogP contribution >= 0.6 is 0 Å². The molecule has 3 rings (SSSR count). The Morgan fingerprint density at radius 1 is 0.882 bits per heavy atom. The summed E-state index contributed by atoms with van der Waals surface area (Å²) in [5.74, 6) is -2.53. The number of carboxylic acids is 1. The predicted octanol–water partition coefficient (Wildman–Crippen LogP) is -1.62. The van der Waals surface area contributed by atoms with E-state index in [1.165, 1.54) is 14.7 Å². The lowest BCUT2D eigenvalue weighted by Gasteiger charge is -2.34. The molecule has 3 saturated heterocycles. The van der Waals surface area contributed by atoms with Crippen LogP contribution in [-0.2, 0) is 28.8 Å². The van der Waals surface area contributed by atoms with Crippen LogP contribution in [0.3, 0.4) is 0 Å². The summed E-state index contributed by atoms with van der Waals surface area (Å²) in [7, 11) is 0. The van der Waals surface area contributed by atoms with E-state index in [9.17, 15) is 28.8 Å². The first-order valence-corrected chi connectivity index (χ1v) is 11.8. The Labute approximate surface area is 197 Å². The SMILES string of the molecule is N[C@@H](CCC(=O)O)C(=O)N1CCC[C@H]1C(=O)N1CCC[C@H]1C(=O)N1CCC[C@H]1C(=O)NC[C]=O. The number of nitrogens with two attached hydrogens (primary N) is 1. The topological polar surface area (TPSA) is 170 Å². The summed E-state index contributed by atoms with van der Waals surface area (Å²) in [4.78, 5) is 77.6. The van der Waals surface area contributed by atoms with E-state index in [0.717, 1.165) is 0 Å². The number of likely N-dealkylation sites (tertiary alicyclic amines) is 3. The van der Waals surface area contributed by atoms with Crippen molar-refractivity contribution in [3.63, 3.8) is 0 Å². The number of amides is 4. The summed E-state index contributed by atoms with van der Waals surface area (Å²) in [6, 6.07) is -3.14. The van der Waals surface area contributed by atoms with Crippen LogP contribution in [0.15, 0.2) is 0 Å². The normalized spacial score (nSPS) is 25.3. The molecule has 0 bridgehead atoms. The third-order valence-corrected chi connectivity index (χ3v) is 6.80. The van der Waals surface area contributed by atoms with Crippen LogP contribution in [0.2, 0.25) is 0 Å². The summed E-state index contributed by atoms with van der Waals surface area (Å²) < 4.78 is 0. The molecule has 1 radical (unpaired) electrons. The molecule has 4 atom stereocenters. The van der Waals surface area contributed by atoms with Crippen molar-refractivity contribution in [2.24, 2.45) is 5.73 Å². The Morgan fingerprint density at radius 3 is 1.94 bits per heavy atom. The predicted molar refractivity (Wildman–Crippen MR) is 118 cm³/mol. The Kier molecular flexibility index (Phi) is 8.59. The number of carbonyl (C=O) groups excluding carboxylic acids is 5. The Morgan fingerprint density at radius 2 is 1.38 bits per heavy atom.